The van der Waals surface area contributed by atoms with Gasteiger partial charge in [0.05, 0.1) is 12.6 Å². The van der Waals surface area contributed by atoms with Crippen LogP contribution in [0.1, 0.15) is 37.7 Å². The van der Waals surface area contributed by atoms with E-state index in [1.54, 1.807) is 6.07 Å². The summed E-state index contributed by atoms with van der Waals surface area (Å²) in [5.41, 5.74) is 1.71. The monoisotopic (exact) mass is 278 g/mol. The molecule has 0 aromatic heterocycles. The molecule has 1 unspecified atom stereocenters. The van der Waals surface area contributed by atoms with Crippen molar-refractivity contribution in [3.05, 3.63) is 29.6 Å². The van der Waals surface area contributed by atoms with Crippen LogP contribution < -0.4 is 10.2 Å². The van der Waals surface area contributed by atoms with Crippen LogP contribution in [0.3, 0.4) is 0 Å². The molecular formula is C16H23FN2O. The SMILES string of the molecule is OCC1CCCCN1c1cccc(F)c1CNC1CC1. The number of hydrogen-bond donors (Lipinski definition) is 2. The highest BCUT2D eigenvalue weighted by Crippen LogP contribution is 2.30. The largest absolute Gasteiger partial charge is 0.394 e. The molecule has 2 aliphatic rings. The molecule has 0 radical (unpaired) electrons. The minimum Gasteiger partial charge on any atom is -0.394 e. The quantitative estimate of drug-likeness (QED) is 0.868. The summed E-state index contributed by atoms with van der Waals surface area (Å²) in [5.74, 6) is -0.141. The molecule has 1 aliphatic heterocycles. The molecule has 1 saturated carbocycles. The summed E-state index contributed by atoms with van der Waals surface area (Å²) in [7, 11) is 0. The molecule has 3 rings (SSSR count). The van der Waals surface area contributed by atoms with Gasteiger partial charge >= 0.3 is 0 Å². The molecule has 0 bridgehead atoms. The summed E-state index contributed by atoms with van der Waals surface area (Å²) in [4.78, 5) is 2.19. The Bertz CT molecular complexity index is 462. The van der Waals surface area contributed by atoms with Gasteiger partial charge in [0.1, 0.15) is 5.82 Å². The number of aliphatic hydroxyl groups is 1. The highest BCUT2D eigenvalue weighted by atomic mass is 19.1. The minimum absolute atomic E-state index is 0.130. The molecule has 3 nitrogen and oxygen atoms in total. The van der Waals surface area contributed by atoms with Crippen LogP contribution in [-0.4, -0.2) is 30.3 Å². The van der Waals surface area contributed by atoms with Gasteiger partial charge in [-0.2, -0.15) is 0 Å². The van der Waals surface area contributed by atoms with Crippen LogP contribution in [0.15, 0.2) is 18.2 Å². The number of piperidine rings is 1. The molecule has 20 heavy (non-hydrogen) atoms. The van der Waals surface area contributed by atoms with Crippen molar-refractivity contribution in [2.75, 3.05) is 18.1 Å². The second-order valence-electron chi connectivity index (χ2n) is 5.92. The number of anilines is 1. The highest BCUT2D eigenvalue weighted by molar-refractivity contribution is 5.55. The Labute approximate surface area is 119 Å². The molecule has 1 atom stereocenters. The van der Waals surface area contributed by atoms with E-state index in [9.17, 15) is 9.50 Å². The van der Waals surface area contributed by atoms with Crippen molar-refractivity contribution >= 4 is 5.69 Å². The van der Waals surface area contributed by atoms with Gasteiger partial charge in [-0.05, 0) is 44.2 Å². The van der Waals surface area contributed by atoms with Crippen LogP contribution in [0, 0.1) is 5.82 Å². The second kappa shape index (κ2) is 6.10. The Morgan fingerprint density at radius 2 is 2.10 bits per heavy atom. The predicted molar refractivity (Wildman–Crippen MR) is 78.3 cm³/mol. The number of halogens is 1. The number of hydrogen-bond acceptors (Lipinski definition) is 3. The Hall–Kier alpha value is -1.13. The first-order valence-electron chi connectivity index (χ1n) is 7.68. The van der Waals surface area contributed by atoms with Gasteiger partial charge in [0.2, 0.25) is 0 Å². The van der Waals surface area contributed by atoms with Gasteiger partial charge in [0.25, 0.3) is 0 Å². The van der Waals surface area contributed by atoms with Gasteiger partial charge in [-0.25, -0.2) is 4.39 Å². The molecule has 1 aromatic rings. The lowest BCUT2D eigenvalue weighted by molar-refractivity contribution is 0.240. The van der Waals surface area contributed by atoms with E-state index in [-0.39, 0.29) is 18.5 Å². The first-order valence-corrected chi connectivity index (χ1v) is 7.68. The van der Waals surface area contributed by atoms with Crippen LogP contribution in [0.25, 0.3) is 0 Å². The lowest BCUT2D eigenvalue weighted by Crippen LogP contribution is -2.42. The molecule has 110 valence electrons. The zero-order valence-electron chi connectivity index (χ0n) is 11.8. The van der Waals surface area contributed by atoms with Crippen molar-refractivity contribution in [1.29, 1.82) is 0 Å². The van der Waals surface area contributed by atoms with E-state index in [1.807, 2.05) is 6.07 Å². The highest BCUT2D eigenvalue weighted by Gasteiger charge is 2.26. The molecule has 0 spiro atoms. The van der Waals surface area contributed by atoms with Gasteiger partial charge in [0, 0.05) is 30.4 Å². The maximum absolute atomic E-state index is 14.2. The Morgan fingerprint density at radius 3 is 2.85 bits per heavy atom. The van der Waals surface area contributed by atoms with Gasteiger partial charge in [-0.15, -0.1) is 0 Å². The van der Waals surface area contributed by atoms with Crippen LogP contribution in [-0.2, 0) is 6.54 Å². The molecule has 2 N–H and O–H groups in total. The molecule has 1 saturated heterocycles. The molecular weight excluding hydrogens is 255 g/mol. The van der Waals surface area contributed by atoms with E-state index in [1.165, 1.54) is 18.9 Å². The fraction of sp³-hybridized carbons (Fsp3) is 0.625. The van der Waals surface area contributed by atoms with Gasteiger partial charge in [-0.1, -0.05) is 6.07 Å². The van der Waals surface area contributed by atoms with Crippen molar-refractivity contribution < 1.29 is 9.50 Å². The van der Waals surface area contributed by atoms with Crippen LogP contribution >= 0.6 is 0 Å². The van der Waals surface area contributed by atoms with E-state index in [2.05, 4.69) is 10.2 Å². The fourth-order valence-corrected chi connectivity index (χ4v) is 3.03. The fourth-order valence-electron chi connectivity index (χ4n) is 3.03. The number of rotatable bonds is 5. The smallest absolute Gasteiger partial charge is 0.129 e. The Morgan fingerprint density at radius 1 is 1.25 bits per heavy atom. The van der Waals surface area contributed by atoms with Gasteiger partial charge in [-0.3, -0.25) is 0 Å². The zero-order valence-corrected chi connectivity index (χ0v) is 11.8. The normalized spacial score (nSPS) is 23.1. The van der Waals surface area contributed by atoms with Crippen molar-refractivity contribution in [2.24, 2.45) is 0 Å². The summed E-state index contributed by atoms with van der Waals surface area (Å²) in [6.45, 7) is 1.64. The maximum Gasteiger partial charge on any atom is 0.129 e. The van der Waals surface area contributed by atoms with Crippen LogP contribution in [0.5, 0.6) is 0 Å². The van der Waals surface area contributed by atoms with Crippen molar-refractivity contribution in [3.63, 3.8) is 0 Å². The minimum atomic E-state index is -0.141. The molecule has 0 amide bonds. The lowest BCUT2D eigenvalue weighted by Gasteiger charge is -2.37. The first-order chi connectivity index (χ1) is 9.79. The average Bonchev–Trinajstić information content (AvgIpc) is 3.30. The second-order valence-corrected chi connectivity index (χ2v) is 5.92. The summed E-state index contributed by atoms with van der Waals surface area (Å²) in [6, 6.07) is 5.99. The lowest BCUT2D eigenvalue weighted by atomic mass is 10.00. The van der Waals surface area contributed by atoms with Gasteiger partial charge in [0.15, 0.2) is 0 Å². The third-order valence-corrected chi connectivity index (χ3v) is 4.39. The third kappa shape index (κ3) is 2.96. The number of benzene rings is 1. The summed E-state index contributed by atoms with van der Waals surface area (Å²) in [6.07, 6.45) is 5.65. The topological polar surface area (TPSA) is 35.5 Å². The average molecular weight is 278 g/mol. The third-order valence-electron chi connectivity index (χ3n) is 4.39. The number of nitrogens with one attached hydrogen (secondary N) is 1. The Kier molecular flexibility index (Phi) is 4.22. The predicted octanol–water partition coefficient (Wildman–Crippen LogP) is 2.43. The first kappa shape index (κ1) is 13.8. The molecule has 2 fully saturated rings. The summed E-state index contributed by atoms with van der Waals surface area (Å²) >= 11 is 0. The van der Waals surface area contributed by atoms with E-state index < -0.39 is 0 Å². The molecule has 1 heterocycles. The zero-order chi connectivity index (χ0) is 13.9. The van der Waals surface area contributed by atoms with Crippen LogP contribution in [0.4, 0.5) is 10.1 Å². The van der Waals surface area contributed by atoms with Crippen molar-refractivity contribution in [3.8, 4) is 0 Å². The van der Waals surface area contributed by atoms with Crippen LogP contribution in [0.2, 0.25) is 0 Å². The van der Waals surface area contributed by atoms with E-state index in [0.717, 1.165) is 37.1 Å². The molecule has 1 aromatic carbocycles. The van der Waals surface area contributed by atoms with E-state index in [4.69, 9.17) is 0 Å². The number of nitrogens with zero attached hydrogens (tertiary/aromatic N) is 1. The molecule has 4 heteroatoms. The Balaban J connectivity index is 1.84. The summed E-state index contributed by atoms with van der Waals surface area (Å²) in [5, 5.41) is 13.0. The van der Waals surface area contributed by atoms with E-state index in [0.29, 0.717) is 12.6 Å². The van der Waals surface area contributed by atoms with Crippen molar-refractivity contribution in [2.45, 2.75) is 50.7 Å². The van der Waals surface area contributed by atoms with Gasteiger partial charge < -0.3 is 15.3 Å². The molecule has 1 aliphatic carbocycles. The maximum atomic E-state index is 14.2. The number of aliphatic hydroxyl groups excluding tert-OH is 1. The summed E-state index contributed by atoms with van der Waals surface area (Å²) < 4.78 is 14.2. The van der Waals surface area contributed by atoms with E-state index >= 15 is 0 Å². The standard InChI is InChI=1S/C16H23FN2O/c17-15-5-3-6-16(14(15)10-18-12-7-8-12)19-9-2-1-4-13(19)11-20/h3,5-6,12-13,18,20H,1-2,4,7-11H2. The van der Waals surface area contributed by atoms with Crippen molar-refractivity contribution in [1.82, 2.24) is 5.32 Å².